The molecule has 0 spiro atoms. The molecule has 5 amide bonds. The van der Waals surface area contributed by atoms with Gasteiger partial charge < -0.3 is 25.8 Å². The fourth-order valence-electron chi connectivity index (χ4n) is 5.07. The molecule has 1 aromatic carbocycles. The molecule has 0 saturated carbocycles. The van der Waals surface area contributed by atoms with Gasteiger partial charge in [-0.15, -0.1) is 0 Å². The summed E-state index contributed by atoms with van der Waals surface area (Å²) in [6, 6.07) is 6.67. The molecule has 2 aliphatic rings. The molecule has 0 unspecified atom stereocenters. The molecular formula is C28H41N5O5. The van der Waals surface area contributed by atoms with Crippen LogP contribution in [-0.2, 0) is 30.4 Å². The second-order valence-electron chi connectivity index (χ2n) is 11.0. The zero-order chi connectivity index (χ0) is 28.0. The second kappa shape index (κ2) is 12.9. The van der Waals surface area contributed by atoms with Crippen LogP contribution in [0.3, 0.4) is 0 Å². The van der Waals surface area contributed by atoms with Crippen molar-refractivity contribution in [2.45, 2.75) is 78.0 Å². The Morgan fingerprint density at radius 2 is 1.66 bits per heavy atom. The maximum absolute atomic E-state index is 13.5. The van der Waals surface area contributed by atoms with Gasteiger partial charge in [0.05, 0.1) is 12.6 Å². The third kappa shape index (κ3) is 7.33. The summed E-state index contributed by atoms with van der Waals surface area (Å²) in [5, 5.41) is 8.63. The first-order valence-electron chi connectivity index (χ1n) is 13.5. The van der Waals surface area contributed by atoms with Crippen molar-refractivity contribution in [2.24, 2.45) is 11.8 Å². The summed E-state index contributed by atoms with van der Waals surface area (Å²) >= 11 is 0. The quantitative estimate of drug-likeness (QED) is 0.535. The molecule has 208 valence electrons. The normalized spacial score (nSPS) is 25.9. The molecule has 10 nitrogen and oxygen atoms in total. The average molecular weight is 528 g/mol. The molecule has 1 aromatic rings. The van der Waals surface area contributed by atoms with Gasteiger partial charge in [0.15, 0.2) is 0 Å². The van der Waals surface area contributed by atoms with Crippen LogP contribution >= 0.6 is 0 Å². The van der Waals surface area contributed by atoms with Crippen molar-refractivity contribution in [3.8, 4) is 0 Å². The lowest BCUT2D eigenvalue weighted by Crippen LogP contribution is -2.58. The molecule has 38 heavy (non-hydrogen) atoms. The Morgan fingerprint density at radius 1 is 0.974 bits per heavy atom. The van der Waals surface area contributed by atoms with Gasteiger partial charge in [-0.1, -0.05) is 58.0 Å². The van der Waals surface area contributed by atoms with E-state index < -0.39 is 30.1 Å². The van der Waals surface area contributed by atoms with E-state index in [1.165, 1.54) is 9.80 Å². The largest absolute Gasteiger partial charge is 0.349 e. The van der Waals surface area contributed by atoms with Crippen molar-refractivity contribution >= 4 is 29.5 Å². The average Bonchev–Trinajstić information content (AvgIpc) is 3.35. The number of rotatable bonds is 4. The molecule has 2 fully saturated rings. The van der Waals surface area contributed by atoms with E-state index in [9.17, 15) is 24.0 Å². The number of carbonyl (C=O) groups is 5. The molecule has 0 aliphatic carbocycles. The number of hydrogen-bond acceptors (Lipinski definition) is 5. The first-order valence-corrected chi connectivity index (χ1v) is 13.5. The topological polar surface area (TPSA) is 128 Å². The molecular weight excluding hydrogens is 486 g/mol. The van der Waals surface area contributed by atoms with Gasteiger partial charge in [0.25, 0.3) is 0 Å². The van der Waals surface area contributed by atoms with Crippen LogP contribution in [0.15, 0.2) is 30.3 Å². The summed E-state index contributed by atoms with van der Waals surface area (Å²) in [5.74, 6) is -2.40. The maximum atomic E-state index is 13.5. The Balaban J connectivity index is 1.98. The molecule has 0 aromatic heterocycles. The van der Waals surface area contributed by atoms with E-state index in [-0.39, 0.29) is 48.6 Å². The zero-order valence-electron chi connectivity index (χ0n) is 23.0. The smallest absolute Gasteiger partial charge is 0.245 e. The molecule has 3 rings (SSSR count). The summed E-state index contributed by atoms with van der Waals surface area (Å²) in [4.78, 5) is 69.0. The first-order chi connectivity index (χ1) is 18.0. The van der Waals surface area contributed by atoms with E-state index in [1.54, 1.807) is 20.8 Å². The zero-order valence-corrected chi connectivity index (χ0v) is 23.0. The third-order valence-corrected chi connectivity index (χ3v) is 7.09. The summed E-state index contributed by atoms with van der Waals surface area (Å²) < 4.78 is 0. The van der Waals surface area contributed by atoms with Crippen LogP contribution in [0.5, 0.6) is 0 Å². The Morgan fingerprint density at radius 3 is 2.29 bits per heavy atom. The van der Waals surface area contributed by atoms with E-state index in [4.69, 9.17) is 0 Å². The summed E-state index contributed by atoms with van der Waals surface area (Å²) in [6.07, 6.45) is 1.57. The standard InChI is InChI=1S/C28H41N5O5/c1-17(2)24-26(36)30-21(14-20-10-7-6-8-11-20)15-32(27(37)18(3)4)16-23(34)29-19(5)28(38)33-13-9-12-22(33)25(35)31-24/h6-8,10-11,17-19,21-22,24H,9,12-16H2,1-5H3,(H,29,34)(H,30,36)(H,31,35)/t19-,21-,22+,24-/m0/s1. The van der Waals surface area contributed by atoms with E-state index in [2.05, 4.69) is 16.0 Å². The van der Waals surface area contributed by atoms with Crippen molar-refractivity contribution in [1.82, 2.24) is 25.8 Å². The van der Waals surface area contributed by atoms with Crippen LogP contribution in [0.4, 0.5) is 0 Å². The summed E-state index contributed by atoms with van der Waals surface area (Å²) in [5.41, 5.74) is 0.961. The molecule has 4 atom stereocenters. The number of amides is 5. The van der Waals surface area contributed by atoms with Gasteiger partial charge in [0, 0.05) is 19.0 Å². The van der Waals surface area contributed by atoms with E-state index in [0.29, 0.717) is 25.8 Å². The predicted molar refractivity (Wildman–Crippen MR) is 143 cm³/mol. The second-order valence-corrected chi connectivity index (χ2v) is 11.0. The highest BCUT2D eigenvalue weighted by atomic mass is 16.2. The van der Waals surface area contributed by atoms with Gasteiger partial charge in [-0.25, -0.2) is 0 Å². The predicted octanol–water partition coefficient (Wildman–Crippen LogP) is 0.849. The van der Waals surface area contributed by atoms with Gasteiger partial charge in [-0.05, 0) is 37.7 Å². The van der Waals surface area contributed by atoms with Crippen molar-refractivity contribution in [2.75, 3.05) is 19.6 Å². The maximum Gasteiger partial charge on any atom is 0.245 e. The Labute approximate surface area is 224 Å². The Bertz CT molecular complexity index is 1030. The minimum absolute atomic E-state index is 0.0981. The number of nitrogens with zero attached hydrogens (tertiary/aromatic N) is 2. The molecule has 3 N–H and O–H groups in total. The minimum Gasteiger partial charge on any atom is -0.349 e. The molecule has 0 bridgehead atoms. The minimum atomic E-state index is -0.863. The third-order valence-electron chi connectivity index (χ3n) is 7.09. The highest BCUT2D eigenvalue weighted by Crippen LogP contribution is 2.20. The highest BCUT2D eigenvalue weighted by Gasteiger charge is 2.39. The molecule has 2 saturated heterocycles. The lowest BCUT2D eigenvalue weighted by Gasteiger charge is -2.31. The van der Waals surface area contributed by atoms with Crippen LogP contribution in [0, 0.1) is 11.8 Å². The number of carbonyl (C=O) groups excluding carboxylic acids is 5. The molecule has 2 aliphatic heterocycles. The molecule has 10 heteroatoms. The van der Waals surface area contributed by atoms with Crippen LogP contribution in [0.25, 0.3) is 0 Å². The van der Waals surface area contributed by atoms with Crippen LogP contribution in [0.1, 0.15) is 53.0 Å². The van der Waals surface area contributed by atoms with Crippen molar-refractivity contribution in [1.29, 1.82) is 0 Å². The molecule has 0 radical (unpaired) electrons. The van der Waals surface area contributed by atoms with Crippen LogP contribution < -0.4 is 16.0 Å². The Hall–Kier alpha value is -3.43. The van der Waals surface area contributed by atoms with Crippen LogP contribution in [0.2, 0.25) is 0 Å². The van der Waals surface area contributed by atoms with E-state index in [1.807, 2.05) is 44.2 Å². The van der Waals surface area contributed by atoms with E-state index >= 15 is 0 Å². The van der Waals surface area contributed by atoms with Crippen molar-refractivity contribution < 1.29 is 24.0 Å². The monoisotopic (exact) mass is 527 g/mol. The lowest BCUT2D eigenvalue weighted by atomic mass is 10.00. The van der Waals surface area contributed by atoms with Gasteiger partial charge >= 0.3 is 0 Å². The van der Waals surface area contributed by atoms with E-state index in [0.717, 1.165) is 5.56 Å². The SMILES string of the molecule is CC(C)C(=O)N1CC(=O)N[C@@H](C)C(=O)N2CCC[C@@H]2C(=O)N[C@@H](C(C)C)C(=O)N[C@@H](Cc2ccccc2)C1. The summed E-state index contributed by atoms with van der Waals surface area (Å²) in [6.45, 7) is 9.04. The summed E-state index contributed by atoms with van der Waals surface area (Å²) in [7, 11) is 0. The van der Waals surface area contributed by atoms with Crippen molar-refractivity contribution in [3.05, 3.63) is 35.9 Å². The number of nitrogens with one attached hydrogen (secondary N) is 3. The van der Waals surface area contributed by atoms with Crippen molar-refractivity contribution in [3.63, 3.8) is 0 Å². The number of fused-ring (bicyclic) bond motifs is 1. The van der Waals surface area contributed by atoms with Gasteiger partial charge in [0.1, 0.15) is 18.1 Å². The van der Waals surface area contributed by atoms with Gasteiger partial charge in [0.2, 0.25) is 29.5 Å². The lowest BCUT2D eigenvalue weighted by molar-refractivity contribution is -0.142. The first kappa shape index (κ1) is 29.1. The fraction of sp³-hybridized carbons (Fsp3) is 0.607. The Kier molecular flexibility index (Phi) is 9.88. The number of hydrogen-bond donors (Lipinski definition) is 3. The molecule has 2 heterocycles. The fourth-order valence-corrected chi connectivity index (χ4v) is 5.07. The van der Waals surface area contributed by atoms with Gasteiger partial charge in [-0.2, -0.15) is 0 Å². The van der Waals surface area contributed by atoms with Crippen LogP contribution in [-0.4, -0.2) is 83.1 Å². The number of benzene rings is 1. The van der Waals surface area contributed by atoms with Gasteiger partial charge in [-0.3, -0.25) is 24.0 Å². The highest BCUT2D eigenvalue weighted by molar-refractivity contribution is 5.95.